The molecule has 3 rings (SSSR count). The maximum Gasteiger partial charge on any atom is 0.311 e. The van der Waals surface area contributed by atoms with Crippen molar-refractivity contribution in [1.29, 1.82) is 0 Å². The molecule has 0 saturated heterocycles. The van der Waals surface area contributed by atoms with E-state index in [9.17, 15) is 4.79 Å². The van der Waals surface area contributed by atoms with Gasteiger partial charge in [0, 0.05) is 15.8 Å². The maximum absolute atomic E-state index is 11.2. The van der Waals surface area contributed by atoms with Crippen LogP contribution in [0.3, 0.4) is 0 Å². The summed E-state index contributed by atoms with van der Waals surface area (Å²) in [6.07, 6.45) is 0.207. The number of carbonyl (C=O) groups is 1. The Kier molecular flexibility index (Phi) is 3.66. The number of thiazole rings is 1. The Morgan fingerprint density at radius 3 is 3.10 bits per heavy atom. The molecule has 0 spiro atoms. The molecule has 0 aliphatic rings. The van der Waals surface area contributed by atoms with Gasteiger partial charge in [0.25, 0.3) is 0 Å². The first-order valence-electron chi connectivity index (χ1n) is 6.00. The van der Waals surface area contributed by atoms with Crippen molar-refractivity contribution in [1.82, 2.24) is 4.98 Å². The number of rotatable bonds is 4. The molecule has 6 heteroatoms. The lowest BCUT2D eigenvalue weighted by Crippen LogP contribution is -2.04. The Bertz CT molecular complexity index is 748. The Hall–Kier alpha value is -1.92. The standard InChI is InChI=1S/C14H12N2O2S2/c1-18-13(17)7-11-8-20-14(16-11)15-10-2-3-12-9(6-10)4-5-19-12/h2-6,8H,7H2,1H3,(H,15,16). The molecular weight excluding hydrogens is 292 g/mol. The second-order valence-electron chi connectivity index (χ2n) is 4.20. The fourth-order valence-electron chi connectivity index (χ4n) is 1.83. The molecule has 0 fully saturated rings. The molecule has 0 radical (unpaired) electrons. The SMILES string of the molecule is COC(=O)Cc1csc(Nc2ccc3sccc3c2)n1. The summed E-state index contributed by atoms with van der Waals surface area (Å²) in [4.78, 5) is 15.6. The summed E-state index contributed by atoms with van der Waals surface area (Å²) in [7, 11) is 1.38. The molecule has 4 nitrogen and oxygen atoms in total. The van der Waals surface area contributed by atoms with Crippen molar-refractivity contribution in [3.63, 3.8) is 0 Å². The third-order valence-electron chi connectivity index (χ3n) is 2.81. The van der Waals surface area contributed by atoms with E-state index in [-0.39, 0.29) is 12.4 Å². The number of esters is 1. The molecule has 0 bridgehead atoms. The quantitative estimate of drug-likeness (QED) is 0.745. The number of hydrogen-bond donors (Lipinski definition) is 1. The fourth-order valence-corrected chi connectivity index (χ4v) is 3.33. The zero-order valence-electron chi connectivity index (χ0n) is 10.8. The summed E-state index contributed by atoms with van der Waals surface area (Å²) in [5.41, 5.74) is 1.72. The summed E-state index contributed by atoms with van der Waals surface area (Å²) in [5, 5.41) is 9.19. The molecule has 0 aliphatic heterocycles. The molecule has 3 aromatic rings. The average molecular weight is 304 g/mol. The molecule has 1 N–H and O–H groups in total. The van der Waals surface area contributed by atoms with E-state index >= 15 is 0 Å². The molecule has 20 heavy (non-hydrogen) atoms. The highest BCUT2D eigenvalue weighted by molar-refractivity contribution is 7.17. The smallest absolute Gasteiger partial charge is 0.311 e. The van der Waals surface area contributed by atoms with Gasteiger partial charge in [-0.3, -0.25) is 4.79 Å². The van der Waals surface area contributed by atoms with E-state index in [1.165, 1.54) is 28.5 Å². The van der Waals surface area contributed by atoms with Crippen molar-refractivity contribution >= 4 is 49.5 Å². The number of carbonyl (C=O) groups excluding carboxylic acids is 1. The average Bonchev–Trinajstić information content (AvgIpc) is 3.07. The molecule has 1 aromatic carbocycles. The lowest BCUT2D eigenvalue weighted by Gasteiger charge is -2.02. The van der Waals surface area contributed by atoms with Crippen molar-refractivity contribution in [3.05, 3.63) is 40.7 Å². The summed E-state index contributed by atoms with van der Waals surface area (Å²) in [6, 6.07) is 8.30. The first-order chi connectivity index (χ1) is 9.74. The summed E-state index contributed by atoms with van der Waals surface area (Å²) >= 11 is 3.20. The number of nitrogens with zero attached hydrogens (tertiary/aromatic N) is 1. The van der Waals surface area contributed by atoms with Crippen molar-refractivity contribution < 1.29 is 9.53 Å². The Morgan fingerprint density at radius 1 is 1.35 bits per heavy atom. The van der Waals surface area contributed by atoms with E-state index in [1.54, 1.807) is 11.3 Å². The van der Waals surface area contributed by atoms with Crippen molar-refractivity contribution in [2.75, 3.05) is 12.4 Å². The number of benzene rings is 1. The minimum Gasteiger partial charge on any atom is -0.469 e. The van der Waals surface area contributed by atoms with Gasteiger partial charge in [0.15, 0.2) is 5.13 Å². The molecule has 0 aliphatic carbocycles. The maximum atomic E-state index is 11.2. The van der Waals surface area contributed by atoms with Crippen molar-refractivity contribution in [2.45, 2.75) is 6.42 Å². The highest BCUT2D eigenvalue weighted by Gasteiger charge is 2.08. The molecular formula is C14H12N2O2S2. The van der Waals surface area contributed by atoms with Crippen LogP contribution in [0.15, 0.2) is 35.0 Å². The Morgan fingerprint density at radius 2 is 2.25 bits per heavy atom. The zero-order chi connectivity index (χ0) is 13.9. The van der Waals surface area contributed by atoms with Crippen molar-refractivity contribution in [2.24, 2.45) is 0 Å². The van der Waals surface area contributed by atoms with Crippen LogP contribution in [-0.4, -0.2) is 18.1 Å². The third-order valence-corrected chi connectivity index (χ3v) is 4.51. The minimum atomic E-state index is -0.276. The number of fused-ring (bicyclic) bond motifs is 1. The number of methoxy groups -OCH3 is 1. The lowest BCUT2D eigenvalue weighted by molar-refractivity contribution is -0.139. The predicted octanol–water partition coefficient (Wildman–Crippen LogP) is 3.82. The normalized spacial score (nSPS) is 10.7. The van der Waals surface area contributed by atoms with Crippen LogP contribution >= 0.6 is 22.7 Å². The second kappa shape index (κ2) is 5.60. The largest absolute Gasteiger partial charge is 0.469 e. The lowest BCUT2D eigenvalue weighted by atomic mass is 10.2. The van der Waals surface area contributed by atoms with Gasteiger partial charge < -0.3 is 10.1 Å². The van der Waals surface area contributed by atoms with Gasteiger partial charge in [-0.25, -0.2) is 4.98 Å². The van der Waals surface area contributed by atoms with E-state index in [1.807, 2.05) is 11.4 Å². The number of aromatic nitrogens is 1. The first kappa shape index (κ1) is 13.1. The van der Waals surface area contributed by atoms with Gasteiger partial charge in [0.2, 0.25) is 0 Å². The van der Waals surface area contributed by atoms with Crippen LogP contribution < -0.4 is 5.32 Å². The zero-order valence-corrected chi connectivity index (χ0v) is 12.4. The number of ether oxygens (including phenoxy) is 1. The second-order valence-corrected chi connectivity index (χ2v) is 6.00. The van der Waals surface area contributed by atoms with Gasteiger partial charge in [-0.15, -0.1) is 22.7 Å². The Labute approximate surface area is 124 Å². The van der Waals surface area contributed by atoms with Crippen LogP contribution in [0.5, 0.6) is 0 Å². The monoisotopic (exact) mass is 304 g/mol. The molecule has 0 unspecified atom stereocenters. The van der Waals surface area contributed by atoms with E-state index in [2.05, 4.69) is 38.6 Å². The minimum absolute atomic E-state index is 0.207. The first-order valence-corrected chi connectivity index (χ1v) is 7.76. The van der Waals surface area contributed by atoms with Gasteiger partial charge >= 0.3 is 5.97 Å². The van der Waals surface area contributed by atoms with Crippen LogP contribution in [-0.2, 0) is 16.0 Å². The van der Waals surface area contributed by atoms with E-state index < -0.39 is 0 Å². The van der Waals surface area contributed by atoms with Crippen LogP contribution in [0.1, 0.15) is 5.69 Å². The molecule has 102 valence electrons. The van der Waals surface area contributed by atoms with Gasteiger partial charge in [-0.2, -0.15) is 0 Å². The van der Waals surface area contributed by atoms with Crippen LogP contribution in [0.4, 0.5) is 10.8 Å². The predicted molar refractivity (Wildman–Crippen MR) is 82.9 cm³/mol. The molecule has 0 amide bonds. The van der Waals surface area contributed by atoms with Crippen LogP contribution in [0, 0.1) is 0 Å². The number of thiophene rings is 1. The summed E-state index contributed by atoms with van der Waals surface area (Å²) < 4.78 is 5.89. The summed E-state index contributed by atoms with van der Waals surface area (Å²) in [6.45, 7) is 0. The molecule has 0 saturated carbocycles. The highest BCUT2D eigenvalue weighted by Crippen LogP contribution is 2.27. The topological polar surface area (TPSA) is 51.2 Å². The molecule has 0 atom stereocenters. The van der Waals surface area contributed by atoms with Gasteiger partial charge in [0.05, 0.1) is 19.2 Å². The van der Waals surface area contributed by atoms with E-state index in [0.29, 0.717) is 0 Å². The molecule has 2 heterocycles. The van der Waals surface area contributed by atoms with Crippen LogP contribution in [0.2, 0.25) is 0 Å². The van der Waals surface area contributed by atoms with Gasteiger partial charge in [-0.1, -0.05) is 0 Å². The number of nitrogens with one attached hydrogen (secondary N) is 1. The van der Waals surface area contributed by atoms with Gasteiger partial charge in [0.1, 0.15) is 0 Å². The summed E-state index contributed by atoms with van der Waals surface area (Å²) in [5.74, 6) is -0.276. The third kappa shape index (κ3) is 2.81. The van der Waals surface area contributed by atoms with Crippen molar-refractivity contribution in [3.8, 4) is 0 Å². The molecule has 2 aromatic heterocycles. The highest BCUT2D eigenvalue weighted by atomic mass is 32.1. The van der Waals surface area contributed by atoms with Gasteiger partial charge in [-0.05, 0) is 35.0 Å². The number of hydrogen-bond acceptors (Lipinski definition) is 6. The van der Waals surface area contributed by atoms with Crippen LogP contribution in [0.25, 0.3) is 10.1 Å². The van der Waals surface area contributed by atoms with E-state index in [4.69, 9.17) is 0 Å². The number of anilines is 2. The fraction of sp³-hybridized carbons (Fsp3) is 0.143. The Balaban J connectivity index is 1.75. The van der Waals surface area contributed by atoms with E-state index in [0.717, 1.165) is 16.5 Å².